The summed E-state index contributed by atoms with van der Waals surface area (Å²) in [5.41, 5.74) is 1.36. The third-order valence-electron chi connectivity index (χ3n) is 3.65. The zero-order valence-corrected chi connectivity index (χ0v) is 12.9. The van der Waals surface area contributed by atoms with Gasteiger partial charge in [-0.1, -0.05) is 18.2 Å². The molecule has 3 heterocycles. The number of rotatable bonds is 4. The van der Waals surface area contributed by atoms with Crippen LogP contribution in [0.2, 0.25) is 0 Å². The number of ether oxygens (including phenoxy) is 1. The number of para-hydroxylation sites is 1. The second kappa shape index (κ2) is 6.27. The fraction of sp³-hybridized carbons (Fsp3) is 0.0556. The summed E-state index contributed by atoms with van der Waals surface area (Å²) in [6.45, 7) is 0.191. The second-order valence-electron chi connectivity index (χ2n) is 5.32. The number of fused-ring (bicyclic) bond motifs is 1. The molecule has 0 spiro atoms. The van der Waals surface area contributed by atoms with Gasteiger partial charge in [-0.05, 0) is 24.3 Å². The third kappa shape index (κ3) is 3.03. The first-order valence-electron chi connectivity index (χ1n) is 7.53. The van der Waals surface area contributed by atoms with Crippen molar-refractivity contribution in [2.45, 2.75) is 6.61 Å². The van der Waals surface area contributed by atoms with Crippen molar-refractivity contribution in [1.82, 2.24) is 19.4 Å². The molecule has 1 aromatic carbocycles. The topological polar surface area (TPSA) is 52.3 Å². The molecule has 0 N–H and O–H groups in total. The fourth-order valence-corrected chi connectivity index (χ4v) is 2.53. The molecule has 0 aliphatic carbocycles. The van der Waals surface area contributed by atoms with Crippen LogP contribution >= 0.6 is 0 Å². The highest BCUT2D eigenvalue weighted by molar-refractivity contribution is 5.70. The number of benzene rings is 1. The molecule has 7 heteroatoms. The summed E-state index contributed by atoms with van der Waals surface area (Å²) in [7, 11) is 0. The summed E-state index contributed by atoms with van der Waals surface area (Å²) in [6, 6.07) is 11.2. The number of halogens is 2. The lowest BCUT2D eigenvalue weighted by molar-refractivity contribution is 0.303. The summed E-state index contributed by atoms with van der Waals surface area (Å²) in [4.78, 5) is 11.7. The maximum Gasteiger partial charge on any atom is 0.234 e. The molecule has 0 radical (unpaired) electrons. The molecule has 3 aromatic heterocycles. The van der Waals surface area contributed by atoms with Crippen LogP contribution in [-0.2, 0) is 6.61 Å². The monoisotopic (exact) mass is 338 g/mol. The molecule has 0 saturated carbocycles. The van der Waals surface area contributed by atoms with E-state index in [-0.39, 0.29) is 12.2 Å². The quantitative estimate of drug-likeness (QED) is 0.533. The maximum absolute atomic E-state index is 14.0. The Balaban J connectivity index is 1.62. The zero-order chi connectivity index (χ0) is 17.2. The molecular formula is C18H12F2N4O. The van der Waals surface area contributed by atoms with Gasteiger partial charge >= 0.3 is 0 Å². The van der Waals surface area contributed by atoms with Crippen LogP contribution in [0.3, 0.4) is 0 Å². The third-order valence-corrected chi connectivity index (χ3v) is 3.65. The minimum Gasteiger partial charge on any atom is -0.487 e. The van der Waals surface area contributed by atoms with Gasteiger partial charge < -0.3 is 4.74 Å². The van der Waals surface area contributed by atoms with Gasteiger partial charge in [0.05, 0.1) is 5.69 Å². The number of aromatic nitrogens is 4. The van der Waals surface area contributed by atoms with Crippen molar-refractivity contribution in [3.63, 3.8) is 0 Å². The highest BCUT2D eigenvalue weighted by atomic mass is 19.1. The van der Waals surface area contributed by atoms with E-state index in [0.717, 1.165) is 6.07 Å². The predicted octanol–water partition coefficient (Wildman–Crippen LogP) is 3.65. The van der Waals surface area contributed by atoms with Gasteiger partial charge in [-0.3, -0.25) is 4.40 Å². The van der Waals surface area contributed by atoms with Crippen LogP contribution in [0.5, 0.6) is 5.75 Å². The van der Waals surface area contributed by atoms with E-state index in [1.807, 2.05) is 12.4 Å². The molecule has 4 rings (SSSR count). The minimum atomic E-state index is -0.881. The smallest absolute Gasteiger partial charge is 0.234 e. The molecule has 0 aliphatic heterocycles. The van der Waals surface area contributed by atoms with Gasteiger partial charge in [0.1, 0.15) is 12.4 Å². The average molecular weight is 338 g/mol. The molecule has 0 fully saturated rings. The highest BCUT2D eigenvalue weighted by Gasteiger charge is 2.13. The Bertz CT molecular complexity index is 1020. The molecule has 0 unspecified atom stereocenters. The van der Waals surface area contributed by atoms with Crippen molar-refractivity contribution < 1.29 is 13.5 Å². The SMILES string of the molecule is Fc1ccc(-c2ccccc2OCc2cn3cccnc3n2)c(F)n1. The predicted molar refractivity (Wildman–Crippen MR) is 86.9 cm³/mol. The van der Waals surface area contributed by atoms with Crippen molar-refractivity contribution in [3.8, 4) is 16.9 Å². The normalized spacial score (nSPS) is 11.0. The van der Waals surface area contributed by atoms with E-state index in [2.05, 4.69) is 15.0 Å². The van der Waals surface area contributed by atoms with Gasteiger partial charge in [0.25, 0.3) is 0 Å². The largest absolute Gasteiger partial charge is 0.487 e. The first-order valence-corrected chi connectivity index (χ1v) is 7.53. The van der Waals surface area contributed by atoms with Gasteiger partial charge in [0, 0.05) is 29.7 Å². The van der Waals surface area contributed by atoms with Crippen LogP contribution < -0.4 is 4.74 Å². The molecule has 0 aliphatic rings. The number of hydrogen-bond donors (Lipinski definition) is 0. The fourth-order valence-electron chi connectivity index (χ4n) is 2.53. The molecule has 0 atom stereocenters. The second-order valence-corrected chi connectivity index (χ2v) is 5.32. The van der Waals surface area contributed by atoms with E-state index in [4.69, 9.17) is 4.74 Å². The first kappa shape index (κ1) is 15.2. The lowest BCUT2D eigenvalue weighted by Gasteiger charge is -2.11. The van der Waals surface area contributed by atoms with E-state index < -0.39 is 11.9 Å². The highest BCUT2D eigenvalue weighted by Crippen LogP contribution is 2.31. The standard InChI is InChI=1S/C18H12F2N4O/c19-16-7-6-14(17(20)23-16)13-4-1-2-5-15(13)25-11-12-10-24-9-3-8-21-18(24)22-12/h1-10H,11H2. The van der Waals surface area contributed by atoms with Crippen LogP contribution in [-0.4, -0.2) is 19.4 Å². The number of pyridine rings is 1. The minimum absolute atomic E-state index is 0.175. The van der Waals surface area contributed by atoms with Crippen molar-refractivity contribution in [1.29, 1.82) is 0 Å². The van der Waals surface area contributed by atoms with Gasteiger partial charge in [0.15, 0.2) is 0 Å². The van der Waals surface area contributed by atoms with Crippen LogP contribution in [0.25, 0.3) is 16.9 Å². The summed E-state index contributed by atoms with van der Waals surface area (Å²) in [5.74, 6) is -0.715. The van der Waals surface area contributed by atoms with E-state index in [0.29, 0.717) is 22.8 Å². The lowest BCUT2D eigenvalue weighted by atomic mass is 10.1. The lowest BCUT2D eigenvalue weighted by Crippen LogP contribution is -1.99. The Morgan fingerprint density at radius 2 is 1.84 bits per heavy atom. The van der Waals surface area contributed by atoms with Crippen molar-refractivity contribution in [3.05, 3.63) is 78.6 Å². The number of hydrogen-bond acceptors (Lipinski definition) is 4. The van der Waals surface area contributed by atoms with Gasteiger partial charge in [-0.2, -0.15) is 13.8 Å². The van der Waals surface area contributed by atoms with Crippen LogP contribution in [0.1, 0.15) is 5.69 Å². The van der Waals surface area contributed by atoms with Crippen molar-refractivity contribution in [2.24, 2.45) is 0 Å². The van der Waals surface area contributed by atoms with Gasteiger partial charge in [0.2, 0.25) is 17.7 Å². The van der Waals surface area contributed by atoms with Crippen molar-refractivity contribution >= 4 is 5.78 Å². The maximum atomic E-state index is 14.0. The summed E-state index contributed by atoms with van der Waals surface area (Å²) >= 11 is 0. The Kier molecular flexibility index (Phi) is 3.81. The molecule has 0 amide bonds. The molecule has 0 bridgehead atoms. The van der Waals surface area contributed by atoms with Gasteiger partial charge in [-0.25, -0.2) is 9.97 Å². The molecule has 0 saturated heterocycles. The first-order chi connectivity index (χ1) is 12.2. The summed E-state index contributed by atoms with van der Waals surface area (Å²) in [5, 5.41) is 0. The Labute approximate surface area is 141 Å². The van der Waals surface area contributed by atoms with E-state index in [1.54, 1.807) is 40.9 Å². The molecule has 5 nitrogen and oxygen atoms in total. The summed E-state index contributed by atoms with van der Waals surface area (Å²) < 4.78 is 34.6. The van der Waals surface area contributed by atoms with Gasteiger partial charge in [-0.15, -0.1) is 0 Å². The van der Waals surface area contributed by atoms with E-state index >= 15 is 0 Å². The van der Waals surface area contributed by atoms with Crippen LogP contribution in [0, 0.1) is 11.9 Å². The number of imidazole rings is 1. The molecule has 4 aromatic rings. The Hall–Kier alpha value is -3.35. The molecule has 25 heavy (non-hydrogen) atoms. The molecular weight excluding hydrogens is 326 g/mol. The van der Waals surface area contributed by atoms with Crippen molar-refractivity contribution in [2.75, 3.05) is 0 Å². The van der Waals surface area contributed by atoms with E-state index in [1.165, 1.54) is 6.07 Å². The van der Waals surface area contributed by atoms with Crippen LogP contribution in [0.4, 0.5) is 8.78 Å². The Morgan fingerprint density at radius 3 is 2.68 bits per heavy atom. The average Bonchev–Trinajstić information content (AvgIpc) is 3.03. The zero-order valence-electron chi connectivity index (χ0n) is 12.9. The molecule has 124 valence electrons. The van der Waals surface area contributed by atoms with Crippen LogP contribution in [0.15, 0.2) is 61.1 Å². The van der Waals surface area contributed by atoms with E-state index in [9.17, 15) is 8.78 Å². The Morgan fingerprint density at radius 1 is 0.960 bits per heavy atom. The number of nitrogens with zero attached hydrogens (tertiary/aromatic N) is 4. The summed E-state index contributed by atoms with van der Waals surface area (Å²) in [6.07, 6.45) is 5.31.